The summed E-state index contributed by atoms with van der Waals surface area (Å²) >= 11 is 0. The molecule has 0 amide bonds. The largest absolute Gasteiger partial charge is 0.376 e. The van der Waals surface area contributed by atoms with Crippen LogP contribution in [-0.4, -0.2) is 4.98 Å². The fourth-order valence-corrected chi connectivity index (χ4v) is 1.50. The Labute approximate surface area is 109 Å². The first kappa shape index (κ1) is 14.2. The van der Waals surface area contributed by atoms with Crippen molar-refractivity contribution in [2.24, 2.45) is 0 Å². The summed E-state index contributed by atoms with van der Waals surface area (Å²) in [7, 11) is 0. The zero-order valence-electron chi connectivity index (χ0n) is 9.65. The average Bonchev–Trinajstić information content (AvgIpc) is 2.40. The van der Waals surface area contributed by atoms with Gasteiger partial charge in [-0.05, 0) is 18.2 Å². The number of hydrogen-bond acceptors (Lipinski definition) is 2. The molecule has 0 saturated heterocycles. The molecule has 0 saturated carbocycles. The third-order valence-corrected chi connectivity index (χ3v) is 2.46. The second kappa shape index (κ2) is 5.40. The fraction of sp³-hybridized carbons (Fsp3) is 0.0833. The Morgan fingerprint density at radius 2 is 1.50 bits per heavy atom. The van der Waals surface area contributed by atoms with E-state index in [9.17, 15) is 26.3 Å². The van der Waals surface area contributed by atoms with Gasteiger partial charge < -0.3 is 5.32 Å². The molecule has 2 rings (SSSR count). The molecule has 20 heavy (non-hydrogen) atoms. The number of halogens is 6. The second-order valence-electron chi connectivity index (χ2n) is 3.79. The number of nitrogens with one attached hydrogen (secondary N) is 1. The van der Waals surface area contributed by atoms with Crippen molar-refractivity contribution in [1.29, 1.82) is 0 Å². The average molecular weight is 292 g/mol. The predicted octanol–water partition coefficient (Wildman–Crippen LogP) is 3.53. The Morgan fingerprint density at radius 3 is 2.10 bits per heavy atom. The molecule has 106 valence electrons. The Hall–Kier alpha value is -2.25. The number of anilines is 1. The highest BCUT2D eigenvalue weighted by molar-refractivity contribution is 5.46. The topological polar surface area (TPSA) is 24.9 Å². The molecule has 2 aromatic rings. The lowest BCUT2D eigenvalue weighted by atomic mass is 10.2. The zero-order chi connectivity index (χ0) is 14.9. The van der Waals surface area contributed by atoms with E-state index in [0.717, 1.165) is 18.2 Å². The van der Waals surface area contributed by atoms with Crippen LogP contribution in [0.4, 0.5) is 32.0 Å². The molecular weight excluding hydrogens is 286 g/mol. The molecule has 1 N–H and O–H groups in total. The van der Waals surface area contributed by atoms with E-state index in [-0.39, 0.29) is 5.56 Å². The number of rotatable bonds is 3. The lowest BCUT2D eigenvalue weighted by Crippen LogP contribution is -2.10. The molecule has 0 atom stereocenters. The summed E-state index contributed by atoms with van der Waals surface area (Å²) in [5.74, 6) is -8.79. The molecule has 1 aromatic carbocycles. The van der Waals surface area contributed by atoms with Gasteiger partial charge in [0.25, 0.3) is 11.9 Å². The van der Waals surface area contributed by atoms with Gasteiger partial charge in [-0.2, -0.15) is 22.5 Å². The minimum atomic E-state index is -1.84. The maximum Gasteiger partial charge on any atom is 0.253 e. The molecule has 0 fully saturated rings. The summed E-state index contributed by atoms with van der Waals surface area (Å²) in [6.45, 7) is -0.569. The molecule has 0 radical (unpaired) electrons. The van der Waals surface area contributed by atoms with Gasteiger partial charge >= 0.3 is 0 Å². The number of nitrogens with zero attached hydrogens (tertiary/aromatic N) is 1. The minimum absolute atomic E-state index is 0.263. The van der Waals surface area contributed by atoms with E-state index in [2.05, 4.69) is 4.98 Å². The molecule has 0 unspecified atom stereocenters. The SMILES string of the molecule is Fc1ccc(F)c(CNc2c(F)c(F)nc(F)c2F)c1. The first-order valence-corrected chi connectivity index (χ1v) is 5.28. The Balaban J connectivity index is 2.30. The van der Waals surface area contributed by atoms with E-state index in [4.69, 9.17) is 0 Å². The first-order chi connectivity index (χ1) is 9.40. The van der Waals surface area contributed by atoms with Crippen molar-refractivity contribution in [1.82, 2.24) is 4.98 Å². The summed E-state index contributed by atoms with van der Waals surface area (Å²) in [6.07, 6.45) is 0. The van der Waals surface area contributed by atoms with E-state index in [1.165, 1.54) is 0 Å². The highest BCUT2D eigenvalue weighted by Gasteiger charge is 2.20. The van der Waals surface area contributed by atoms with Gasteiger partial charge in [0.05, 0.1) is 0 Å². The van der Waals surface area contributed by atoms with Gasteiger partial charge in [0.1, 0.15) is 17.3 Å². The van der Waals surface area contributed by atoms with Crippen LogP contribution >= 0.6 is 0 Å². The molecule has 0 aliphatic carbocycles. The quantitative estimate of drug-likeness (QED) is 0.691. The van der Waals surface area contributed by atoms with Crippen molar-refractivity contribution in [2.45, 2.75) is 6.54 Å². The summed E-state index contributed by atoms with van der Waals surface area (Å²) < 4.78 is 78.3. The monoisotopic (exact) mass is 292 g/mol. The maximum absolute atomic E-state index is 13.3. The van der Waals surface area contributed by atoms with Crippen LogP contribution in [0.5, 0.6) is 0 Å². The van der Waals surface area contributed by atoms with Crippen LogP contribution in [0, 0.1) is 35.2 Å². The number of hydrogen-bond donors (Lipinski definition) is 1. The standard InChI is InChI=1S/C12H6F6N2/c13-6-1-2-7(14)5(3-6)4-19-10-8(15)11(17)20-12(18)9(10)16/h1-3H,4H2,(H,19,20). The van der Waals surface area contributed by atoms with Gasteiger partial charge in [0, 0.05) is 12.1 Å². The van der Waals surface area contributed by atoms with Crippen molar-refractivity contribution in [3.8, 4) is 0 Å². The van der Waals surface area contributed by atoms with Crippen LogP contribution in [0.25, 0.3) is 0 Å². The molecule has 8 heteroatoms. The third kappa shape index (κ3) is 2.68. The molecule has 0 bridgehead atoms. The van der Waals surface area contributed by atoms with E-state index in [1.807, 2.05) is 5.32 Å². The zero-order valence-corrected chi connectivity index (χ0v) is 9.65. The van der Waals surface area contributed by atoms with Crippen LogP contribution < -0.4 is 5.32 Å². The van der Waals surface area contributed by atoms with Gasteiger partial charge in [0.15, 0.2) is 0 Å². The van der Waals surface area contributed by atoms with Crippen molar-refractivity contribution in [2.75, 3.05) is 5.32 Å². The van der Waals surface area contributed by atoms with Gasteiger partial charge in [-0.1, -0.05) is 0 Å². The molecule has 0 aliphatic heterocycles. The summed E-state index contributed by atoms with van der Waals surface area (Å²) in [5, 5.41) is 1.97. The van der Waals surface area contributed by atoms with Crippen molar-refractivity contribution in [3.63, 3.8) is 0 Å². The van der Waals surface area contributed by atoms with Crippen LogP contribution in [-0.2, 0) is 6.54 Å². The predicted molar refractivity (Wildman–Crippen MR) is 57.8 cm³/mol. The summed E-state index contributed by atoms with van der Waals surface area (Å²) in [4.78, 5) is 2.36. The molecule has 0 aliphatic rings. The molecule has 1 aromatic heterocycles. The van der Waals surface area contributed by atoms with Crippen LogP contribution in [0.2, 0.25) is 0 Å². The van der Waals surface area contributed by atoms with E-state index < -0.39 is 47.4 Å². The molecule has 1 heterocycles. The van der Waals surface area contributed by atoms with Crippen LogP contribution in [0.15, 0.2) is 18.2 Å². The van der Waals surface area contributed by atoms with Crippen molar-refractivity contribution >= 4 is 5.69 Å². The smallest absolute Gasteiger partial charge is 0.253 e. The lowest BCUT2D eigenvalue weighted by Gasteiger charge is -2.10. The van der Waals surface area contributed by atoms with E-state index in [0.29, 0.717) is 0 Å². The van der Waals surface area contributed by atoms with Crippen molar-refractivity contribution in [3.05, 3.63) is 58.9 Å². The number of pyridine rings is 1. The van der Waals surface area contributed by atoms with Gasteiger partial charge in [-0.25, -0.2) is 8.78 Å². The molecule has 2 nitrogen and oxygen atoms in total. The number of aromatic nitrogens is 1. The Morgan fingerprint density at radius 1 is 0.900 bits per heavy atom. The number of benzene rings is 1. The highest BCUT2D eigenvalue weighted by Crippen LogP contribution is 2.23. The van der Waals surface area contributed by atoms with Gasteiger partial charge in [-0.15, -0.1) is 0 Å². The fourth-order valence-electron chi connectivity index (χ4n) is 1.50. The minimum Gasteiger partial charge on any atom is -0.376 e. The summed E-state index contributed by atoms with van der Waals surface area (Å²) in [5.41, 5.74) is -1.40. The van der Waals surface area contributed by atoms with Gasteiger partial charge in [0.2, 0.25) is 11.6 Å². The van der Waals surface area contributed by atoms with Gasteiger partial charge in [-0.3, -0.25) is 0 Å². The van der Waals surface area contributed by atoms with Crippen LogP contribution in [0.3, 0.4) is 0 Å². The van der Waals surface area contributed by atoms with E-state index >= 15 is 0 Å². The maximum atomic E-state index is 13.3. The first-order valence-electron chi connectivity index (χ1n) is 5.28. The van der Waals surface area contributed by atoms with Crippen molar-refractivity contribution < 1.29 is 26.3 Å². The van der Waals surface area contributed by atoms with E-state index in [1.54, 1.807) is 0 Å². The lowest BCUT2D eigenvalue weighted by molar-refractivity contribution is 0.410. The van der Waals surface area contributed by atoms with Crippen LogP contribution in [0.1, 0.15) is 5.56 Å². The second-order valence-corrected chi connectivity index (χ2v) is 3.79. The Kier molecular flexibility index (Phi) is 3.82. The normalized spacial score (nSPS) is 10.7. The third-order valence-electron chi connectivity index (χ3n) is 2.46. The molecular formula is C12H6F6N2. The summed E-state index contributed by atoms with van der Waals surface area (Å²) in [6, 6.07) is 2.45. The molecule has 0 spiro atoms. The highest BCUT2D eigenvalue weighted by atomic mass is 19.2. The Bertz CT molecular complexity index is 633.